The van der Waals surface area contributed by atoms with E-state index in [1.54, 1.807) is 10.8 Å². The minimum atomic E-state index is -1.36. The van der Waals surface area contributed by atoms with Crippen molar-refractivity contribution in [1.29, 1.82) is 0 Å². The molecular formula is C54H52IrN3Si. The normalized spacial score (nSPS) is 16.4. The van der Waals surface area contributed by atoms with Gasteiger partial charge in [-0.15, -0.1) is 52.7 Å². The molecular weight excluding hydrogens is 911 g/mol. The average molecular weight is 963 g/mol. The predicted molar refractivity (Wildman–Crippen MR) is 246 cm³/mol. The zero-order chi connectivity index (χ0) is 39.9. The van der Waals surface area contributed by atoms with E-state index in [9.17, 15) is 0 Å². The van der Waals surface area contributed by atoms with Gasteiger partial charge in [0, 0.05) is 17.6 Å². The Bertz CT molecular complexity index is 2540. The van der Waals surface area contributed by atoms with Gasteiger partial charge in [0.2, 0.25) is 0 Å². The summed E-state index contributed by atoms with van der Waals surface area (Å²) in [6.07, 6.45) is 8.87. The molecule has 296 valence electrons. The van der Waals surface area contributed by atoms with Crippen LogP contribution in [0.2, 0.25) is 19.6 Å². The number of hydrogen-bond donors (Lipinski definition) is 0. The Balaban J connectivity index is 0.000000181. The fourth-order valence-electron chi connectivity index (χ4n) is 9.39. The van der Waals surface area contributed by atoms with Gasteiger partial charge in [0.1, 0.15) is 0 Å². The second kappa shape index (κ2) is 16.9. The molecule has 3 nitrogen and oxygen atoms in total. The van der Waals surface area contributed by atoms with Crippen molar-refractivity contribution in [2.45, 2.75) is 83.1 Å². The van der Waals surface area contributed by atoms with E-state index in [0.29, 0.717) is 0 Å². The van der Waals surface area contributed by atoms with Crippen LogP contribution >= 0.6 is 0 Å². The first kappa shape index (κ1) is 40.7. The number of anilines is 2. The van der Waals surface area contributed by atoms with Crippen LogP contribution in [0.25, 0.3) is 38.8 Å². The van der Waals surface area contributed by atoms with E-state index in [1.165, 1.54) is 65.5 Å². The molecule has 0 N–H and O–H groups in total. The molecule has 1 unspecified atom stereocenters. The Morgan fingerprint density at radius 2 is 1.39 bits per heavy atom. The molecule has 1 fully saturated rings. The number of benzene rings is 6. The van der Waals surface area contributed by atoms with Crippen LogP contribution in [-0.4, -0.2) is 13.1 Å². The summed E-state index contributed by atoms with van der Waals surface area (Å²) < 4.78 is 0. The molecule has 2 heterocycles. The molecule has 59 heavy (non-hydrogen) atoms. The first-order valence-corrected chi connectivity index (χ1v) is 24.5. The summed E-state index contributed by atoms with van der Waals surface area (Å²) in [5, 5.41) is 6.73. The first-order chi connectivity index (χ1) is 28.2. The third kappa shape index (κ3) is 8.01. The molecule has 1 aliphatic heterocycles. The van der Waals surface area contributed by atoms with E-state index >= 15 is 0 Å². The maximum Gasteiger partial charge on any atom is 3.00 e. The molecule has 1 aromatic heterocycles. The molecule has 7 aromatic rings. The topological polar surface area (TPSA) is 30.2 Å². The van der Waals surface area contributed by atoms with Crippen molar-refractivity contribution in [3.8, 4) is 33.5 Å². The average Bonchev–Trinajstić information content (AvgIpc) is 3.77. The largest absolute Gasteiger partial charge is 3.00 e. The molecule has 10 rings (SSSR count). The number of nitrogens with zero attached hydrogens (tertiary/aromatic N) is 3. The second-order valence-electron chi connectivity index (χ2n) is 17.7. The van der Waals surface area contributed by atoms with E-state index in [1.807, 2.05) is 12.1 Å². The molecule has 2 aliphatic carbocycles. The van der Waals surface area contributed by atoms with Gasteiger partial charge < -0.3 is 15.2 Å². The predicted octanol–water partition coefficient (Wildman–Crippen LogP) is 14.5. The number of pyridine rings is 1. The zero-order valence-electron chi connectivity index (χ0n) is 34.8. The monoisotopic (exact) mass is 963 g/mol. The Kier molecular flexibility index (Phi) is 11.7. The molecule has 5 heteroatoms. The van der Waals surface area contributed by atoms with Gasteiger partial charge >= 0.3 is 20.1 Å². The molecule has 1 atom stereocenters. The van der Waals surface area contributed by atoms with Crippen molar-refractivity contribution in [3.63, 3.8) is 0 Å². The molecule has 0 spiro atoms. The maximum absolute atomic E-state index is 5.17. The van der Waals surface area contributed by atoms with Gasteiger partial charge in [-0.2, -0.15) is 23.8 Å². The van der Waals surface area contributed by atoms with E-state index in [4.69, 9.17) is 10.3 Å². The summed E-state index contributed by atoms with van der Waals surface area (Å²) in [5.74, 6) is 0.737. The molecule has 3 aliphatic rings. The van der Waals surface area contributed by atoms with E-state index in [2.05, 4.69) is 190 Å². The Labute approximate surface area is 366 Å². The fraction of sp³-hybridized carbons (Fsp3) is 0.241. The maximum atomic E-state index is 5.17. The number of rotatable bonds is 6. The van der Waals surface area contributed by atoms with Crippen LogP contribution in [0, 0.1) is 12.1 Å². The van der Waals surface area contributed by atoms with Gasteiger partial charge in [0.05, 0.1) is 8.07 Å². The fourth-order valence-corrected chi connectivity index (χ4v) is 11.0. The van der Waals surface area contributed by atoms with Gasteiger partial charge in [-0.3, -0.25) is 0 Å². The van der Waals surface area contributed by atoms with Crippen molar-refractivity contribution >= 4 is 30.3 Å². The van der Waals surface area contributed by atoms with Crippen LogP contribution in [0.5, 0.6) is 0 Å². The third-order valence-electron chi connectivity index (χ3n) is 12.5. The number of aromatic nitrogens is 1. The van der Waals surface area contributed by atoms with Crippen molar-refractivity contribution in [2.75, 3.05) is 4.90 Å². The SMILES string of the molecule is CC1(C)c2c[c-]c(C3[N-]c4ccccc4N3c3ccc(-c4ccccc4)cc3)cc2-c2ccccc21.C[Si](C)(C)c1cnc(-c2[c-]cccc2)cc1C1CCCCC1.[Ir+3]. The van der Waals surface area contributed by atoms with Crippen LogP contribution in [0.1, 0.15) is 80.3 Å². The smallest absolute Gasteiger partial charge is 0.661 e. The van der Waals surface area contributed by atoms with E-state index < -0.39 is 8.07 Å². The standard InChI is InChI=1S/C34H26N2.C20H26NSi.Ir/c1-34(2)29-13-7-6-12-27(29)28-22-25(18-21-30(28)34)33-35-31-14-8-9-15-32(31)36(33)26-19-16-24(17-20-26)23-10-4-3-5-11-23;1-22(2,3)20-15-21-19(17-12-8-5-9-13-17)14-18(20)16-10-6-4-7-11-16;/h3-17,19-22,33H,1-2H3;5,8-9,12,14-16H,4,6-7,10-11H2,1-3H3;/q-2;-1;+3. The zero-order valence-corrected chi connectivity index (χ0v) is 38.2. The number of hydrogen-bond acceptors (Lipinski definition) is 2. The summed E-state index contributed by atoms with van der Waals surface area (Å²) in [6.45, 7) is 11.9. The summed E-state index contributed by atoms with van der Waals surface area (Å²) in [6, 6.07) is 58.5. The molecule has 0 amide bonds. The molecule has 0 saturated heterocycles. The van der Waals surface area contributed by atoms with Gasteiger partial charge in [0.25, 0.3) is 0 Å². The number of fused-ring (bicyclic) bond motifs is 4. The minimum absolute atomic E-state index is 0. The molecule has 1 saturated carbocycles. The van der Waals surface area contributed by atoms with Gasteiger partial charge in [-0.25, -0.2) is 0 Å². The van der Waals surface area contributed by atoms with Crippen LogP contribution in [0.4, 0.5) is 17.1 Å². The summed E-state index contributed by atoms with van der Waals surface area (Å²) in [4.78, 5) is 7.12. The summed E-state index contributed by atoms with van der Waals surface area (Å²) in [5.41, 5.74) is 15.9. The third-order valence-corrected chi connectivity index (χ3v) is 14.5. The van der Waals surface area contributed by atoms with Crippen LogP contribution in [-0.2, 0) is 25.5 Å². The minimum Gasteiger partial charge on any atom is -0.661 e. The van der Waals surface area contributed by atoms with Crippen molar-refractivity contribution in [3.05, 3.63) is 191 Å². The molecule has 0 radical (unpaired) electrons. The first-order valence-electron chi connectivity index (χ1n) is 21.0. The molecule has 0 bridgehead atoms. The van der Waals surface area contributed by atoms with Gasteiger partial charge in [-0.1, -0.05) is 149 Å². The van der Waals surface area contributed by atoms with Crippen molar-refractivity contribution in [1.82, 2.24) is 4.98 Å². The summed E-state index contributed by atoms with van der Waals surface area (Å²) >= 11 is 0. The van der Waals surface area contributed by atoms with Crippen molar-refractivity contribution < 1.29 is 20.1 Å². The quantitative estimate of drug-likeness (QED) is 0.123. The molecule has 6 aromatic carbocycles. The summed E-state index contributed by atoms with van der Waals surface area (Å²) in [7, 11) is -1.36. The van der Waals surface area contributed by atoms with Crippen LogP contribution in [0.15, 0.2) is 152 Å². The number of para-hydroxylation sites is 2. The Hall–Kier alpha value is -5.06. The van der Waals surface area contributed by atoms with Crippen molar-refractivity contribution in [2.24, 2.45) is 0 Å². The van der Waals surface area contributed by atoms with E-state index in [-0.39, 0.29) is 31.7 Å². The van der Waals surface area contributed by atoms with Gasteiger partial charge in [0.15, 0.2) is 0 Å². The second-order valence-corrected chi connectivity index (χ2v) is 22.7. The van der Waals surface area contributed by atoms with Crippen LogP contribution in [0.3, 0.4) is 0 Å². The van der Waals surface area contributed by atoms with Gasteiger partial charge in [-0.05, 0) is 81.7 Å². The Morgan fingerprint density at radius 1 is 0.695 bits per heavy atom. The van der Waals surface area contributed by atoms with E-state index in [0.717, 1.165) is 39.8 Å². The van der Waals surface area contributed by atoms with Crippen LogP contribution < -0.4 is 10.1 Å². The Morgan fingerprint density at radius 3 is 2.14 bits per heavy atom.